The van der Waals surface area contributed by atoms with Crippen LogP contribution in [0, 0.1) is 6.92 Å². The molecule has 0 unspecified atom stereocenters. The van der Waals surface area contributed by atoms with Crippen molar-refractivity contribution in [3.8, 4) is 11.4 Å². The number of hydrogen-bond donors (Lipinski definition) is 2. The first-order valence-corrected chi connectivity index (χ1v) is 7.04. The molecule has 0 aliphatic carbocycles. The molecule has 0 saturated carbocycles. The van der Waals surface area contributed by atoms with Crippen molar-refractivity contribution in [1.29, 1.82) is 0 Å². The lowest BCUT2D eigenvalue weighted by Crippen LogP contribution is -2.15. The zero-order chi connectivity index (χ0) is 16.2. The molecule has 0 saturated heterocycles. The van der Waals surface area contributed by atoms with E-state index in [1.807, 2.05) is 37.3 Å². The molecule has 114 valence electrons. The molecule has 2 aromatic heterocycles. The van der Waals surface area contributed by atoms with E-state index in [2.05, 4.69) is 20.3 Å². The van der Waals surface area contributed by atoms with Gasteiger partial charge in [0.2, 0.25) is 0 Å². The highest BCUT2D eigenvalue weighted by Gasteiger charge is 2.13. The first-order valence-electron chi connectivity index (χ1n) is 7.04. The summed E-state index contributed by atoms with van der Waals surface area (Å²) in [6.45, 7) is 1.95. The van der Waals surface area contributed by atoms with Gasteiger partial charge in [-0.2, -0.15) is 0 Å². The van der Waals surface area contributed by atoms with E-state index in [4.69, 9.17) is 5.73 Å². The molecule has 3 rings (SSSR count). The molecule has 1 aromatic carbocycles. The first-order chi connectivity index (χ1) is 11.1. The summed E-state index contributed by atoms with van der Waals surface area (Å²) in [6, 6.07) is 11.1. The van der Waals surface area contributed by atoms with E-state index in [1.54, 1.807) is 18.5 Å². The second-order valence-corrected chi connectivity index (χ2v) is 5.06. The van der Waals surface area contributed by atoms with Crippen molar-refractivity contribution >= 4 is 17.4 Å². The fourth-order valence-corrected chi connectivity index (χ4v) is 2.13. The Labute approximate surface area is 133 Å². The summed E-state index contributed by atoms with van der Waals surface area (Å²) >= 11 is 0. The Kier molecular flexibility index (Phi) is 3.97. The molecular formula is C17H15N5O. The van der Waals surface area contributed by atoms with Gasteiger partial charge in [-0.1, -0.05) is 12.1 Å². The van der Waals surface area contributed by atoms with Crippen LogP contribution < -0.4 is 11.1 Å². The molecule has 3 N–H and O–H groups in total. The molecule has 0 fully saturated rings. The average Bonchev–Trinajstić information content (AvgIpc) is 2.55. The smallest absolute Gasteiger partial charge is 0.260 e. The van der Waals surface area contributed by atoms with Gasteiger partial charge in [-0.15, -0.1) is 0 Å². The number of aromatic nitrogens is 3. The van der Waals surface area contributed by atoms with Gasteiger partial charge in [-0.25, -0.2) is 9.97 Å². The molecule has 6 heteroatoms. The first kappa shape index (κ1) is 14.6. The van der Waals surface area contributed by atoms with Crippen molar-refractivity contribution < 1.29 is 4.79 Å². The van der Waals surface area contributed by atoms with Crippen LogP contribution in [0.3, 0.4) is 0 Å². The van der Waals surface area contributed by atoms with E-state index >= 15 is 0 Å². The molecule has 0 atom stereocenters. The number of carbonyl (C=O) groups is 1. The summed E-state index contributed by atoms with van der Waals surface area (Å²) in [4.78, 5) is 24.7. The fourth-order valence-electron chi connectivity index (χ4n) is 2.13. The number of carbonyl (C=O) groups excluding carboxylic acids is 1. The number of aryl methyl sites for hydroxylation is 1. The number of pyridine rings is 1. The highest BCUT2D eigenvalue weighted by Crippen LogP contribution is 2.18. The predicted octanol–water partition coefficient (Wildman–Crippen LogP) is 2.68. The Hall–Kier alpha value is -3.28. The molecule has 6 nitrogen and oxygen atoms in total. The quantitative estimate of drug-likeness (QED) is 0.776. The molecule has 3 aromatic rings. The zero-order valence-corrected chi connectivity index (χ0v) is 12.5. The summed E-state index contributed by atoms with van der Waals surface area (Å²) < 4.78 is 0. The minimum Gasteiger partial charge on any atom is -0.383 e. The van der Waals surface area contributed by atoms with E-state index in [-0.39, 0.29) is 17.3 Å². The number of anilines is 2. The van der Waals surface area contributed by atoms with Gasteiger partial charge < -0.3 is 11.1 Å². The second-order valence-electron chi connectivity index (χ2n) is 5.06. The third-order valence-corrected chi connectivity index (χ3v) is 3.26. The van der Waals surface area contributed by atoms with Crippen LogP contribution in [0.2, 0.25) is 0 Å². The number of nitrogens with two attached hydrogens (primary N) is 1. The van der Waals surface area contributed by atoms with Crippen molar-refractivity contribution in [3.05, 3.63) is 66.1 Å². The topological polar surface area (TPSA) is 93.8 Å². The van der Waals surface area contributed by atoms with Crippen molar-refractivity contribution in [2.75, 3.05) is 11.1 Å². The second kappa shape index (κ2) is 6.23. The number of amides is 1. The summed E-state index contributed by atoms with van der Waals surface area (Å²) in [5.74, 6) is 0.220. The maximum absolute atomic E-state index is 12.3. The van der Waals surface area contributed by atoms with Crippen LogP contribution in [-0.2, 0) is 0 Å². The lowest BCUT2D eigenvalue weighted by Gasteiger charge is -2.08. The van der Waals surface area contributed by atoms with Gasteiger partial charge in [0.1, 0.15) is 11.4 Å². The Bertz CT molecular complexity index is 849. The molecule has 1 amide bonds. The number of hydrogen-bond acceptors (Lipinski definition) is 5. The zero-order valence-electron chi connectivity index (χ0n) is 12.5. The Balaban J connectivity index is 1.84. The lowest BCUT2D eigenvalue weighted by atomic mass is 10.2. The third-order valence-electron chi connectivity index (χ3n) is 3.26. The molecule has 23 heavy (non-hydrogen) atoms. The van der Waals surface area contributed by atoms with Gasteiger partial charge in [0, 0.05) is 29.8 Å². The van der Waals surface area contributed by atoms with E-state index in [9.17, 15) is 4.79 Å². The lowest BCUT2D eigenvalue weighted by molar-refractivity contribution is 0.102. The third kappa shape index (κ3) is 3.32. The molecular weight excluding hydrogens is 290 g/mol. The maximum Gasteiger partial charge on any atom is 0.260 e. The molecule has 0 spiro atoms. The predicted molar refractivity (Wildman–Crippen MR) is 88.8 cm³/mol. The molecule has 0 aliphatic rings. The minimum absolute atomic E-state index is 0.129. The number of nitrogens with one attached hydrogen (secondary N) is 1. The van der Waals surface area contributed by atoms with Crippen LogP contribution in [0.15, 0.2) is 55.0 Å². The number of nitrogens with zero attached hydrogens (tertiary/aromatic N) is 3. The van der Waals surface area contributed by atoms with Gasteiger partial charge in [0.15, 0.2) is 5.82 Å². The standard InChI is InChI=1S/C17H15N5O/c1-11-4-2-6-13(8-11)21-17(23)14-10-20-16(22-15(14)18)12-5-3-7-19-9-12/h2-10H,1H3,(H,21,23)(H2,18,20,22). The van der Waals surface area contributed by atoms with E-state index < -0.39 is 0 Å². The summed E-state index contributed by atoms with van der Waals surface area (Å²) in [5, 5.41) is 2.79. The van der Waals surface area contributed by atoms with E-state index in [0.29, 0.717) is 11.5 Å². The number of rotatable bonds is 3. The fraction of sp³-hybridized carbons (Fsp3) is 0.0588. The molecule has 0 radical (unpaired) electrons. The van der Waals surface area contributed by atoms with Crippen molar-refractivity contribution in [1.82, 2.24) is 15.0 Å². The van der Waals surface area contributed by atoms with Crippen molar-refractivity contribution in [2.45, 2.75) is 6.92 Å². The number of benzene rings is 1. The van der Waals surface area contributed by atoms with Gasteiger partial charge in [-0.3, -0.25) is 9.78 Å². The van der Waals surface area contributed by atoms with Crippen LogP contribution >= 0.6 is 0 Å². The van der Waals surface area contributed by atoms with Crippen LogP contribution in [-0.4, -0.2) is 20.9 Å². The van der Waals surface area contributed by atoms with E-state index in [0.717, 1.165) is 11.1 Å². The molecule has 2 heterocycles. The van der Waals surface area contributed by atoms with Gasteiger partial charge in [-0.05, 0) is 36.8 Å². The van der Waals surface area contributed by atoms with Gasteiger partial charge in [0.05, 0.1) is 0 Å². The summed E-state index contributed by atoms with van der Waals surface area (Å²) in [5.41, 5.74) is 8.64. The van der Waals surface area contributed by atoms with Crippen LogP contribution in [0.4, 0.5) is 11.5 Å². The Morgan fingerprint density at radius 2 is 2.04 bits per heavy atom. The highest BCUT2D eigenvalue weighted by atomic mass is 16.1. The largest absolute Gasteiger partial charge is 0.383 e. The SMILES string of the molecule is Cc1cccc(NC(=O)c2cnc(-c3cccnc3)nc2N)c1. The summed E-state index contributed by atoms with van der Waals surface area (Å²) in [6.07, 6.45) is 4.73. The van der Waals surface area contributed by atoms with Crippen molar-refractivity contribution in [2.24, 2.45) is 0 Å². The van der Waals surface area contributed by atoms with Crippen LogP contribution in [0.5, 0.6) is 0 Å². The monoisotopic (exact) mass is 305 g/mol. The van der Waals surface area contributed by atoms with Gasteiger partial charge in [0.25, 0.3) is 5.91 Å². The number of nitrogen functional groups attached to an aromatic ring is 1. The summed E-state index contributed by atoms with van der Waals surface area (Å²) in [7, 11) is 0. The molecule has 0 bridgehead atoms. The molecule has 0 aliphatic heterocycles. The Morgan fingerprint density at radius 1 is 1.17 bits per heavy atom. The Morgan fingerprint density at radius 3 is 2.74 bits per heavy atom. The van der Waals surface area contributed by atoms with E-state index in [1.165, 1.54) is 6.20 Å². The van der Waals surface area contributed by atoms with Crippen molar-refractivity contribution in [3.63, 3.8) is 0 Å². The van der Waals surface area contributed by atoms with Crippen LogP contribution in [0.1, 0.15) is 15.9 Å². The maximum atomic E-state index is 12.3. The van der Waals surface area contributed by atoms with Crippen LogP contribution in [0.25, 0.3) is 11.4 Å². The normalized spacial score (nSPS) is 10.3. The average molecular weight is 305 g/mol. The van der Waals surface area contributed by atoms with Gasteiger partial charge >= 0.3 is 0 Å². The minimum atomic E-state index is -0.342. The highest BCUT2D eigenvalue weighted by molar-refractivity contribution is 6.07.